The number of hydrogen-bond acceptors (Lipinski definition) is 3. The molecule has 0 saturated carbocycles. The molecule has 1 aromatic carbocycles. The Morgan fingerprint density at radius 1 is 1.25 bits per heavy atom. The number of amides is 2. The van der Waals surface area contributed by atoms with Crippen LogP contribution >= 0.6 is 0 Å². The zero-order chi connectivity index (χ0) is 16.9. The summed E-state index contributed by atoms with van der Waals surface area (Å²) in [6.45, 7) is 2.15. The van der Waals surface area contributed by atoms with Crippen LogP contribution in [0.5, 0.6) is 5.75 Å². The van der Waals surface area contributed by atoms with E-state index in [0.29, 0.717) is 19.4 Å². The summed E-state index contributed by atoms with van der Waals surface area (Å²) < 4.78 is 5.27. The van der Waals surface area contributed by atoms with E-state index in [4.69, 9.17) is 4.74 Å². The molecule has 1 aromatic rings. The maximum absolute atomic E-state index is 12.6. The number of benzene rings is 1. The highest BCUT2D eigenvalue weighted by Gasteiger charge is 2.33. The third-order valence-electron chi connectivity index (χ3n) is 5.09. The van der Waals surface area contributed by atoms with Crippen LogP contribution in [-0.2, 0) is 9.59 Å². The quantitative estimate of drug-likeness (QED) is 0.834. The summed E-state index contributed by atoms with van der Waals surface area (Å²) in [5.41, 5.74) is 1.12. The summed E-state index contributed by atoms with van der Waals surface area (Å²) >= 11 is 0. The van der Waals surface area contributed by atoms with Gasteiger partial charge in [-0.2, -0.15) is 0 Å². The van der Waals surface area contributed by atoms with Gasteiger partial charge in [0.2, 0.25) is 11.8 Å². The summed E-state index contributed by atoms with van der Waals surface area (Å²) in [6.07, 6.45) is 5.18. The van der Waals surface area contributed by atoms with Crippen molar-refractivity contribution in [2.45, 2.75) is 44.6 Å². The Hall–Kier alpha value is -2.04. The smallest absolute Gasteiger partial charge is 0.224 e. The average Bonchev–Trinajstić information content (AvgIpc) is 2.76. The van der Waals surface area contributed by atoms with Crippen LogP contribution in [0.3, 0.4) is 0 Å². The van der Waals surface area contributed by atoms with Gasteiger partial charge in [-0.3, -0.25) is 9.59 Å². The molecule has 1 atom stereocenters. The molecule has 130 valence electrons. The Morgan fingerprint density at radius 3 is 2.88 bits per heavy atom. The highest BCUT2D eigenvalue weighted by atomic mass is 16.5. The summed E-state index contributed by atoms with van der Waals surface area (Å²) in [5, 5.41) is 0. The van der Waals surface area contributed by atoms with Gasteiger partial charge in [0.05, 0.1) is 13.2 Å². The van der Waals surface area contributed by atoms with Crippen molar-refractivity contribution in [2.75, 3.05) is 26.7 Å². The Morgan fingerprint density at radius 2 is 2.12 bits per heavy atom. The van der Waals surface area contributed by atoms with Gasteiger partial charge in [0.25, 0.3) is 0 Å². The van der Waals surface area contributed by atoms with E-state index in [-0.39, 0.29) is 17.9 Å². The highest BCUT2D eigenvalue weighted by molar-refractivity contribution is 5.80. The van der Waals surface area contributed by atoms with E-state index in [1.165, 1.54) is 0 Å². The van der Waals surface area contributed by atoms with E-state index in [0.717, 1.165) is 50.1 Å². The van der Waals surface area contributed by atoms with Crippen molar-refractivity contribution in [2.24, 2.45) is 0 Å². The summed E-state index contributed by atoms with van der Waals surface area (Å²) in [4.78, 5) is 28.4. The first-order valence-corrected chi connectivity index (χ1v) is 8.90. The van der Waals surface area contributed by atoms with Crippen LogP contribution in [0, 0.1) is 0 Å². The number of rotatable bonds is 5. The molecule has 2 aliphatic heterocycles. The van der Waals surface area contributed by atoms with Crippen molar-refractivity contribution in [3.63, 3.8) is 0 Å². The van der Waals surface area contributed by atoms with E-state index < -0.39 is 0 Å². The standard InChI is InChI=1S/C19H26N2O3/c1-24-16-7-5-6-15(14-16)17-9-13-21(17)19(23)10-12-20-11-4-2-3-8-18(20)22/h5-7,14,17H,2-4,8-13H2,1H3. The van der Waals surface area contributed by atoms with Crippen LogP contribution in [0.2, 0.25) is 0 Å². The molecular formula is C19H26N2O3. The molecule has 2 fully saturated rings. The maximum Gasteiger partial charge on any atom is 0.224 e. The second-order valence-corrected chi connectivity index (χ2v) is 6.61. The molecule has 5 heteroatoms. The zero-order valence-electron chi connectivity index (χ0n) is 14.4. The second-order valence-electron chi connectivity index (χ2n) is 6.61. The number of methoxy groups -OCH3 is 1. The van der Waals surface area contributed by atoms with Crippen molar-refractivity contribution >= 4 is 11.8 Å². The number of carbonyl (C=O) groups is 2. The summed E-state index contributed by atoms with van der Waals surface area (Å²) in [6, 6.07) is 8.07. The van der Waals surface area contributed by atoms with Gasteiger partial charge in [0.15, 0.2) is 0 Å². The van der Waals surface area contributed by atoms with Gasteiger partial charge in [-0.15, -0.1) is 0 Å². The molecule has 2 amide bonds. The van der Waals surface area contributed by atoms with Crippen molar-refractivity contribution in [1.29, 1.82) is 0 Å². The van der Waals surface area contributed by atoms with Gasteiger partial charge in [0.1, 0.15) is 5.75 Å². The Balaban J connectivity index is 1.56. The SMILES string of the molecule is COc1cccc(C2CCN2C(=O)CCN2CCCCCC2=O)c1. The van der Waals surface area contributed by atoms with Crippen LogP contribution in [0.15, 0.2) is 24.3 Å². The molecule has 0 aliphatic carbocycles. The third-order valence-corrected chi connectivity index (χ3v) is 5.09. The number of ether oxygens (including phenoxy) is 1. The predicted octanol–water partition coefficient (Wildman–Crippen LogP) is 2.76. The van der Waals surface area contributed by atoms with Crippen molar-refractivity contribution < 1.29 is 14.3 Å². The first-order valence-electron chi connectivity index (χ1n) is 8.90. The first kappa shape index (κ1) is 16.8. The Bertz CT molecular complexity index is 602. The first-order chi connectivity index (χ1) is 11.7. The molecule has 1 unspecified atom stereocenters. The maximum atomic E-state index is 12.6. The fraction of sp³-hybridized carbons (Fsp3) is 0.579. The van der Waals surface area contributed by atoms with E-state index in [1.54, 1.807) is 7.11 Å². The van der Waals surface area contributed by atoms with Crippen molar-refractivity contribution in [3.8, 4) is 5.75 Å². The second kappa shape index (κ2) is 7.69. The third kappa shape index (κ3) is 3.71. The molecule has 0 bridgehead atoms. The van der Waals surface area contributed by atoms with Gasteiger partial charge in [0, 0.05) is 32.5 Å². The Labute approximate surface area is 143 Å². The van der Waals surface area contributed by atoms with E-state index in [1.807, 2.05) is 34.1 Å². The molecule has 0 spiro atoms. The van der Waals surface area contributed by atoms with Crippen LogP contribution in [0.25, 0.3) is 0 Å². The summed E-state index contributed by atoms with van der Waals surface area (Å²) in [5.74, 6) is 1.17. The molecule has 2 heterocycles. The normalized spacial score (nSPS) is 21.2. The minimum atomic E-state index is 0.145. The molecular weight excluding hydrogens is 304 g/mol. The monoisotopic (exact) mass is 330 g/mol. The Kier molecular flexibility index (Phi) is 5.38. The van der Waals surface area contributed by atoms with Gasteiger partial charge in [-0.25, -0.2) is 0 Å². The lowest BCUT2D eigenvalue weighted by molar-refractivity contribution is -0.140. The zero-order valence-corrected chi connectivity index (χ0v) is 14.4. The molecule has 2 saturated heterocycles. The molecule has 0 aromatic heterocycles. The minimum absolute atomic E-state index is 0.145. The fourth-order valence-corrected chi connectivity index (χ4v) is 3.53. The topological polar surface area (TPSA) is 49.9 Å². The molecule has 0 radical (unpaired) electrons. The van der Waals surface area contributed by atoms with E-state index in [9.17, 15) is 9.59 Å². The minimum Gasteiger partial charge on any atom is -0.497 e. The van der Waals surface area contributed by atoms with Gasteiger partial charge in [-0.05, 0) is 37.0 Å². The van der Waals surface area contributed by atoms with Crippen LogP contribution in [0.4, 0.5) is 0 Å². The van der Waals surface area contributed by atoms with Crippen LogP contribution in [-0.4, -0.2) is 48.4 Å². The number of nitrogens with zero attached hydrogens (tertiary/aromatic N) is 2. The lowest BCUT2D eigenvalue weighted by Gasteiger charge is -2.41. The molecule has 5 nitrogen and oxygen atoms in total. The van der Waals surface area contributed by atoms with E-state index >= 15 is 0 Å². The number of likely N-dealkylation sites (tertiary alicyclic amines) is 2. The fourth-order valence-electron chi connectivity index (χ4n) is 3.53. The lowest BCUT2D eigenvalue weighted by Crippen LogP contribution is -2.46. The largest absolute Gasteiger partial charge is 0.497 e. The van der Waals surface area contributed by atoms with Gasteiger partial charge >= 0.3 is 0 Å². The molecule has 3 rings (SSSR count). The predicted molar refractivity (Wildman–Crippen MR) is 91.7 cm³/mol. The molecule has 2 aliphatic rings. The van der Waals surface area contributed by atoms with Gasteiger partial charge in [-0.1, -0.05) is 18.6 Å². The van der Waals surface area contributed by atoms with Crippen LogP contribution < -0.4 is 4.74 Å². The summed E-state index contributed by atoms with van der Waals surface area (Å²) in [7, 11) is 1.65. The van der Waals surface area contributed by atoms with Crippen LogP contribution in [0.1, 0.15) is 50.1 Å². The van der Waals surface area contributed by atoms with E-state index in [2.05, 4.69) is 0 Å². The molecule has 24 heavy (non-hydrogen) atoms. The van der Waals surface area contributed by atoms with Gasteiger partial charge < -0.3 is 14.5 Å². The number of hydrogen-bond donors (Lipinski definition) is 0. The number of carbonyl (C=O) groups excluding carboxylic acids is 2. The molecule has 0 N–H and O–H groups in total. The lowest BCUT2D eigenvalue weighted by atomic mass is 9.94. The van der Waals surface area contributed by atoms with Crippen molar-refractivity contribution in [3.05, 3.63) is 29.8 Å². The highest BCUT2D eigenvalue weighted by Crippen LogP contribution is 2.35. The average molecular weight is 330 g/mol. The van der Waals surface area contributed by atoms with Crippen molar-refractivity contribution in [1.82, 2.24) is 9.80 Å².